The number of para-hydroxylation sites is 2. The molecule has 0 unspecified atom stereocenters. The lowest BCUT2D eigenvalue weighted by atomic mass is 10.1. The van der Waals surface area contributed by atoms with Crippen LogP contribution in [0.4, 0.5) is 5.82 Å². The highest BCUT2D eigenvalue weighted by molar-refractivity contribution is 5.40. The van der Waals surface area contributed by atoms with Crippen LogP contribution in [0.3, 0.4) is 0 Å². The number of ether oxygens (including phenoxy) is 2. The molecule has 1 aromatic carbocycles. The Labute approximate surface area is 124 Å². The molecule has 3 rings (SSSR count). The number of nitrogens with zero attached hydrogens (tertiary/aromatic N) is 2. The summed E-state index contributed by atoms with van der Waals surface area (Å²) in [5.41, 5.74) is 6.92. The van der Waals surface area contributed by atoms with Crippen LogP contribution in [0.25, 0.3) is 0 Å². The average molecular weight is 285 g/mol. The van der Waals surface area contributed by atoms with Gasteiger partial charge < -0.3 is 15.2 Å². The van der Waals surface area contributed by atoms with Gasteiger partial charge in [0, 0.05) is 31.4 Å². The zero-order chi connectivity index (χ0) is 14.7. The van der Waals surface area contributed by atoms with E-state index >= 15 is 0 Å². The molecule has 1 aliphatic heterocycles. The van der Waals surface area contributed by atoms with Crippen molar-refractivity contribution in [1.82, 2.24) is 9.88 Å². The number of methoxy groups -OCH3 is 1. The first kappa shape index (κ1) is 13.7. The van der Waals surface area contributed by atoms with E-state index in [-0.39, 0.29) is 6.10 Å². The lowest BCUT2D eigenvalue weighted by Gasteiger charge is -2.39. The number of likely N-dealkylation sites (tertiary alicyclic amines) is 1. The highest BCUT2D eigenvalue weighted by Gasteiger charge is 2.29. The van der Waals surface area contributed by atoms with Gasteiger partial charge in [-0.2, -0.15) is 0 Å². The summed E-state index contributed by atoms with van der Waals surface area (Å²) in [6, 6.07) is 11.6. The van der Waals surface area contributed by atoms with Crippen molar-refractivity contribution in [3.8, 4) is 11.5 Å². The number of nitrogens with two attached hydrogens (primary N) is 1. The van der Waals surface area contributed by atoms with Crippen LogP contribution in [-0.4, -0.2) is 36.2 Å². The first-order valence-corrected chi connectivity index (χ1v) is 6.97. The Bertz CT molecular complexity index is 612. The van der Waals surface area contributed by atoms with Gasteiger partial charge in [-0.15, -0.1) is 0 Å². The van der Waals surface area contributed by atoms with E-state index < -0.39 is 0 Å². The van der Waals surface area contributed by atoms with Gasteiger partial charge in [0.05, 0.1) is 7.11 Å². The molecule has 0 aliphatic carbocycles. The Hall–Kier alpha value is -2.27. The zero-order valence-electron chi connectivity index (χ0n) is 12.0. The minimum atomic E-state index is 0.194. The Morgan fingerprint density at radius 2 is 1.95 bits per heavy atom. The van der Waals surface area contributed by atoms with Gasteiger partial charge in [-0.3, -0.25) is 4.90 Å². The highest BCUT2D eigenvalue weighted by Crippen LogP contribution is 2.29. The number of pyridine rings is 1. The predicted octanol–water partition coefficient (Wildman–Crippen LogP) is 1.94. The molecule has 110 valence electrons. The van der Waals surface area contributed by atoms with Crippen LogP contribution in [0.1, 0.15) is 5.56 Å². The number of hydrogen-bond acceptors (Lipinski definition) is 5. The molecule has 0 saturated carbocycles. The first-order valence-electron chi connectivity index (χ1n) is 6.97. The summed E-state index contributed by atoms with van der Waals surface area (Å²) in [5, 5.41) is 0. The molecule has 0 atom stereocenters. The van der Waals surface area contributed by atoms with Gasteiger partial charge in [0.25, 0.3) is 0 Å². The fourth-order valence-corrected chi connectivity index (χ4v) is 2.45. The van der Waals surface area contributed by atoms with Gasteiger partial charge in [0.15, 0.2) is 11.5 Å². The van der Waals surface area contributed by atoms with Crippen LogP contribution in [0.2, 0.25) is 0 Å². The number of aromatic nitrogens is 1. The molecular weight excluding hydrogens is 266 g/mol. The van der Waals surface area contributed by atoms with Crippen LogP contribution in [0.5, 0.6) is 11.5 Å². The maximum atomic E-state index is 5.96. The molecule has 1 aliphatic rings. The zero-order valence-corrected chi connectivity index (χ0v) is 12.0. The molecule has 1 saturated heterocycles. The Morgan fingerprint density at radius 1 is 1.19 bits per heavy atom. The van der Waals surface area contributed by atoms with Crippen LogP contribution in [0.15, 0.2) is 42.6 Å². The van der Waals surface area contributed by atoms with E-state index in [1.165, 1.54) is 0 Å². The van der Waals surface area contributed by atoms with E-state index in [0.717, 1.165) is 36.7 Å². The van der Waals surface area contributed by atoms with E-state index in [1.807, 2.05) is 36.4 Å². The molecule has 5 heteroatoms. The quantitative estimate of drug-likeness (QED) is 0.909. The second-order valence-electron chi connectivity index (χ2n) is 5.13. The molecule has 1 aromatic heterocycles. The second-order valence-corrected chi connectivity index (χ2v) is 5.13. The molecule has 2 heterocycles. The van der Waals surface area contributed by atoms with E-state index in [1.54, 1.807) is 13.3 Å². The molecule has 2 N–H and O–H groups in total. The van der Waals surface area contributed by atoms with Crippen molar-refractivity contribution in [3.05, 3.63) is 48.2 Å². The standard InChI is InChI=1S/C16H19N3O2/c1-20-14-6-2-3-7-15(14)21-13-10-19(11-13)9-12-5-4-8-18-16(12)17/h2-8,13H,9-11H2,1H3,(H2,17,18). The Balaban J connectivity index is 1.53. The van der Waals surface area contributed by atoms with Gasteiger partial charge in [-0.25, -0.2) is 4.98 Å². The minimum Gasteiger partial charge on any atom is -0.493 e. The van der Waals surface area contributed by atoms with Crippen molar-refractivity contribution >= 4 is 5.82 Å². The number of hydrogen-bond donors (Lipinski definition) is 1. The van der Waals surface area contributed by atoms with Crippen molar-refractivity contribution in [2.24, 2.45) is 0 Å². The van der Waals surface area contributed by atoms with E-state index in [2.05, 4.69) is 9.88 Å². The largest absolute Gasteiger partial charge is 0.493 e. The van der Waals surface area contributed by atoms with Gasteiger partial charge in [0.2, 0.25) is 0 Å². The summed E-state index contributed by atoms with van der Waals surface area (Å²) in [5.74, 6) is 2.17. The van der Waals surface area contributed by atoms with Crippen molar-refractivity contribution in [2.45, 2.75) is 12.6 Å². The molecule has 21 heavy (non-hydrogen) atoms. The molecule has 0 bridgehead atoms. The third-order valence-electron chi connectivity index (χ3n) is 3.61. The Morgan fingerprint density at radius 3 is 2.67 bits per heavy atom. The molecule has 0 amide bonds. The lowest BCUT2D eigenvalue weighted by molar-refractivity contribution is 0.0132. The Kier molecular flexibility index (Phi) is 3.92. The minimum absolute atomic E-state index is 0.194. The number of rotatable bonds is 5. The van der Waals surface area contributed by atoms with Crippen molar-refractivity contribution < 1.29 is 9.47 Å². The van der Waals surface area contributed by atoms with Crippen LogP contribution in [0, 0.1) is 0 Å². The van der Waals surface area contributed by atoms with Crippen LogP contribution in [-0.2, 0) is 6.54 Å². The number of benzene rings is 1. The van der Waals surface area contributed by atoms with E-state index in [9.17, 15) is 0 Å². The first-order chi connectivity index (χ1) is 10.3. The monoisotopic (exact) mass is 285 g/mol. The van der Waals surface area contributed by atoms with Gasteiger partial charge >= 0.3 is 0 Å². The summed E-state index contributed by atoms with van der Waals surface area (Å²) < 4.78 is 11.2. The van der Waals surface area contributed by atoms with E-state index in [4.69, 9.17) is 15.2 Å². The fourth-order valence-electron chi connectivity index (χ4n) is 2.45. The van der Waals surface area contributed by atoms with Gasteiger partial charge in [-0.1, -0.05) is 18.2 Å². The summed E-state index contributed by atoms with van der Waals surface area (Å²) in [4.78, 5) is 6.39. The van der Waals surface area contributed by atoms with Gasteiger partial charge in [-0.05, 0) is 18.2 Å². The molecule has 2 aromatic rings. The second kappa shape index (κ2) is 6.01. The van der Waals surface area contributed by atoms with Gasteiger partial charge in [0.1, 0.15) is 11.9 Å². The number of anilines is 1. The molecule has 1 fully saturated rings. The smallest absolute Gasteiger partial charge is 0.161 e. The third-order valence-corrected chi connectivity index (χ3v) is 3.61. The normalized spacial score (nSPS) is 15.5. The van der Waals surface area contributed by atoms with Crippen molar-refractivity contribution in [3.63, 3.8) is 0 Å². The maximum Gasteiger partial charge on any atom is 0.161 e. The summed E-state index contributed by atoms with van der Waals surface area (Å²) in [7, 11) is 1.65. The number of nitrogen functional groups attached to an aromatic ring is 1. The molecule has 5 nitrogen and oxygen atoms in total. The van der Waals surface area contributed by atoms with Crippen LogP contribution >= 0.6 is 0 Å². The molecule has 0 radical (unpaired) electrons. The molecular formula is C16H19N3O2. The van der Waals surface area contributed by atoms with Crippen LogP contribution < -0.4 is 15.2 Å². The fraction of sp³-hybridized carbons (Fsp3) is 0.312. The summed E-state index contributed by atoms with van der Waals surface area (Å²) in [6.07, 6.45) is 1.90. The summed E-state index contributed by atoms with van der Waals surface area (Å²) in [6.45, 7) is 2.57. The molecule has 0 spiro atoms. The summed E-state index contributed by atoms with van der Waals surface area (Å²) >= 11 is 0. The highest BCUT2D eigenvalue weighted by atomic mass is 16.5. The lowest BCUT2D eigenvalue weighted by Crippen LogP contribution is -2.53. The third kappa shape index (κ3) is 3.08. The van der Waals surface area contributed by atoms with Crippen molar-refractivity contribution in [1.29, 1.82) is 0 Å². The van der Waals surface area contributed by atoms with Crippen molar-refractivity contribution in [2.75, 3.05) is 25.9 Å². The maximum absolute atomic E-state index is 5.96. The predicted molar refractivity (Wildman–Crippen MR) is 81.3 cm³/mol. The van der Waals surface area contributed by atoms with E-state index in [0.29, 0.717) is 5.82 Å². The SMILES string of the molecule is COc1ccccc1OC1CN(Cc2cccnc2N)C1. The topological polar surface area (TPSA) is 60.6 Å². The average Bonchev–Trinajstić information content (AvgIpc) is 2.47.